The average Bonchev–Trinajstić information content (AvgIpc) is 2.79. The highest BCUT2D eigenvalue weighted by Crippen LogP contribution is 2.40. The van der Waals surface area contributed by atoms with Gasteiger partial charge in [0.1, 0.15) is 0 Å². The monoisotopic (exact) mass is 245 g/mol. The molecule has 0 saturated carbocycles. The first-order chi connectivity index (χ1) is 8.29. The van der Waals surface area contributed by atoms with Crippen LogP contribution in [0.2, 0.25) is 0 Å². The van der Waals surface area contributed by atoms with Crippen molar-refractivity contribution in [2.75, 3.05) is 13.1 Å². The van der Waals surface area contributed by atoms with Crippen molar-refractivity contribution in [1.29, 1.82) is 0 Å². The van der Waals surface area contributed by atoms with E-state index in [0.29, 0.717) is 6.04 Å². The minimum absolute atomic E-state index is 0.639. The summed E-state index contributed by atoms with van der Waals surface area (Å²) in [5, 5.41) is 2.26. The molecule has 1 aromatic heterocycles. The van der Waals surface area contributed by atoms with Gasteiger partial charge in [-0.05, 0) is 49.3 Å². The summed E-state index contributed by atoms with van der Waals surface area (Å²) in [7, 11) is 0. The minimum Gasteiger partial charge on any atom is -0.292 e. The molecule has 1 aromatic rings. The molecule has 0 N–H and O–H groups in total. The van der Waals surface area contributed by atoms with Crippen LogP contribution in [0, 0.1) is 0 Å². The highest BCUT2D eigenvalue weighted by atomic mass is 32.1. The Hall–Kier alpha value is -0.860. The van der Waals surface area contributed by atoms with Gasteiger partial charge < -0.3 is 0 Å². The normalized spacial score (nSPS) is 25.2. The number of allylic oxidation sites excluding steroid dienone is 2. The molecule has 0 fully saturated rings. The molecule has 0 bridgehead atoms. The maximum absolute atomic E-state index is 2.65. The smallest absolute Gasteiger partial charge is 0.0402 e. The molecule has 90 valence electrons. The zero-order chi connectivity index (χ0) is 11.8. The van der Waals surface area contributed by atoms with Crippen molar-refractivity contribution < 1.29 is 0 Å². The summed E-state index contributed by atoms with van der Waals surface area (Å²) in [4.78, 5) is 4.27. The van der Waals surface area contributed by atoms with Crippen LogP contribution >= 0.6 is 11.3 Å². The molecule has 3 rings (SSSR count). The van der Waals surface area contributed by atoms with Crippen molar-refractivity contribution >= 4 is 11.3 Å². The molecule has 1 atom stereocenters. The number of hydrogen-bond donors (Lipinski definition) is 0. The first kappa shape index (κ1) is 11.2. The zero-order valence-electron chi connectivity index (χ0n) is 10.6. The van der Waals surface area contributed by atoms with E-state index in [2.05, 4.69) is 42.3 Å². The second kappa shape index (κ2) is 4.43. The van der Waals surface area contributed by atoms with Gasteiger partial charge in [-0.1, -0.05) is 17.7 Å². The van der Waals surface area contributed by atoms with Gasteiger partial charge in [0.05, 0.1) is 0 Å². The van der Waals surface area contributed by atoms with Gasteiger partial charge in [0, 0.05) is 24.0 Å². The van der Waals surface area contributed by atoms with E-state index in [1.807, 2.05) is 11.3 Å². The molecule has 0 saturated heterocycles. The second-order valence-electron chi connectivity index (χ2n) is 5.05. The Labute approximate surface area is 107 Å². The van der Waals surface area contributed by atoms with Crippen LogP contribution in [0.25, 0.3) is 0 Å². The van der Waals surface area contributed by atoms with E-state index in [9.17, 15) is 0 Å². The standard InChI is InChI=1S/C15H19NS/c1-3-4-12-9-14-13-6-8-17-15(13)5-7-16(14)10-11(12)2/h3-4,6,8,14H,5,7,9-10H2,1-2H3. The highest BCUT2D eigenvalue weighted by Gasteiger charge is 2.31. The van der Waals surface area contributed by atoms with Crippen LogP contribution < -0.4 is 0 Å². The van der Waals surface area contributed by atoms with Crippen LogP contribution in [0.15, 0.2) is 34.7 Å². The summed E-state index contributed by atoms with van der Waals surface area (Å²) in [5.74, 6) is 0. The Balaban J connectivity index is 1.96. The molecule has 3 heterocycles. The number of thiophene rings is 1. The first-order valence-corrected chi connectivity index (χ1v) is 7.29. The van der Waals surface area contributed by atoms with Gasteiger partial charge in [-0.2, -0.15) is 0 Å². The summed E-state index contributed by atoms with van der Waals surface area (Å²) < 4.78 is 0. The number of fused-ring (bicyclic) bond motifs is 3. The van der Waals surface area contributed by atoms with Gasteiger partial charge in [-0.25, -0.2) is 0 Å². The minimum atomic E-state index is 0.639. The Kier molecular flexibility index (Phi) is 2.93. The molecule has 0 spiro atoms. The Morgan fingerprint density at radius 3 is 3.18 bits per heavy atom. The lowest BCUT2D eigenvalue weighted by molar-refractivity contribution is 0.190. The molecule has 1 unspecified atom stereocenters. The van der Waals surface area contributed by atoms with E-state index < -0.39 is 0 Å². The fourth-order valence-corrected chi connectivity index (χ4v) is 4.01. The Morgan fingerprint density at radius 2 is 2.35 bits per heavy atom. The third kappa shape index (κ3) is 1.90. The van der Waals surface area contributed by atoms with E-state index >= 15 is 0 Å². The van der Waals surface area contributed by atoms with Gasteiger partial charge in [-0.15, -0.1) is 11.3 Å². The predicted molar refractivity (Wildman–Crippen MR) is 74.5 cm³/mol. The van der Waals surface area contributed by atoms with Crippen molar-refractivity contribution in [3.63, 3.8) is 0 Å². The van der Waals surface area contributed by atoms with Gasteiger partial charge in [0.25, 0.3) is 0 Å². The Bertz CT molecular complexity index is 481. The van der Waals surface area contributed by atoms with E-state index in [1.165, 1.54) is 19.4 Å². The third-order valence-corrected chi connectivity index (χ3v) is 4.97. The van der Waals surface area contributed by atoms with Crippen LogP contribution in [-0.2, 0) is 6.42 Å². The molecular formula is C15H19NS. The van der Waals surface area contributed by atoms with Crippen LogP contribution in [0.5, 0.6) is 0 Å². The van der Waals surface area contributed by atoms with Crippen molar-refractivity contribution in [3.8, 4) is 0 Å². The topological polar surface area (TPSA) is 3.24 Å². The van der Waals surface area contributed by atoms with Crippen LogP contribution in [0.1, 0.15) is 36.8 Å². The third-order valence-electron chi connectivity index (χ3n) is 3.98. The largest absolute Gasteiger partial charge is 0.292 e. The molecule has 0 amide bonds. The van der Waals surface area contributed by atoms with Crippen molar-refractivity contribution in [2.45, 2.75) is 32.7 Å². The van der Waals surface area contributed by atoms with Crippen molar-refractivity contribution in [2.24, 2.45) is 0 Å². The van der Waals surface area contributed by atoms with E-state index in [4.69, 9.17) is 0 Å². The molecule has 1 nitrogen and oxygen atoms in total. The molecule has 0 aliphatic carbocycles. The lowest BCUT2D eigenvalue weighted by Crippen LogP contribution is -2.38. The molecule has 2 aliphatic rings. The van der Waals surface area contributed by atoms with Gasteiger partial charge in [0.15, 0.2) is 0 Å². The van der Waals surface area contributed by atoms with E-state index in [1.54, 1.807) is 21.6 Å². The summed E-state index contributed by atoms with van der Waals surface area (Å²) in [5.41, 5.74) is 4.70. The van der Waals surface area contributed by atoms with Gasteiger partial charge in [-0.3, -0.25) is 4.90 Å². The lowest BCUT2D eigenvalue weighted by Gasteiger charge is -2.40. The van der Waals surface area contributed by atoms with Gasteiger partial charge >= 0.3 is 0 Å². The molecule has 17 heavy (non-hydrogen) atoms. The SMILES string of the molecule is CC=CC1=C(C)CN2CCc3sccc3C2C1. The molecule has 2 aliphatic heterocycles. The Morgan fingerprint density at radius 1 is 1.47 bits per heavy atom. The lowest BCUT2D eigenvalue weighted by atomic mass is 9.87. The number of rotatable bonds is 1. The molecule has 2 heteroatoms. The summed E-state index contributed by atoms with van der Waals surface area (Å²) in [6.45, 7) is 6.79. The van der Waals surface area contributed by atoms with Gasteiger partial charge in [0.2, 0.25) is 0 Å². The predicted octanol–water partition coefficient (Wildman–Crippen LogP) is 3.94. The molecule has 0 aromatic carbocycles. The zero-order valence-corrected chi connectivity index (χ0v) is 11.4. The number of hydrogen-bond acceptors (Lipinski definition) is 2. The number of nitrogens with zero attached hydrogens (tertiary/aromatic N) is 1. The summed E-state index contributed by atoms with van der Waals surface area (Å²) in [6, 6.07) is 2.98. The molecule has 0 radical (unpaired) electrons. The van der Waals surface area contributed by atoms with Crippen LogP contribution in [0.4, 0.5) is 0 Å². The first-order valence-electron chi connectivity index (χ1n) is 6.41. The fraction of sp³-hybridized carbons (Fsp3) is 0.467. The maximum Gasteiger partial charge on any atom is 0.0402 e. The van der Waals surface area contributed by atoms with Crippen LogP contribution in [-0.4, -0.2) is 18.0 Å². The quantitative estimate of drug-likeness (QED) is 0.724. The second-order valence-corrected chi connectivity index (χ2v) is 6.05. The van der Waals surface area contributed by atoms with Crippen molar-refractivity contribution in [1.82, 2.24) is 4.90 Å². The molecular weight excluding hydrogens is 226 g/mol. The fourth-order valence-electron chi connectivity index (χ4n) is 3.08. The van der Waals surface area contributed by atoms with Crippen molar-refractivity contribution in [3.05, 3.63) is 45.2 Å². The van der Waals surface area contributed by atoms with E-state index in [0.717, 1.165) is 6.54 Å². The summed E-state index contributed by atoms with van der Waals surface area (Å²) >= 11 is 1.94. The maximum atomic E-state index is 2.65. The summed E-state index contributed by atoms with van der Waals surface area (Å²) in [6.07, 6.45) is 6.91. The van der Waals surface area contributed by atoms with E-state index in [-0.39, 0.29) is 0 Å². The highest BCUT2D eigenvalue weighted by molar-refractivity contribution is 7.10. The van der Waals surface area contributed by atoms with Crippen LogP contribution in [0.3, 0.4) is 0 Å². The average molecular weight is 245 g/mol.